The maximum atomic E-state index is 12.9. The Morgan fingerprint density at radius 2 is 2.00 bits per heavy atom. The van der Waals surface area contributed by atoms with Crippen LogP contribution < -0.4 is 10.9 Å². The van der Waals surface area contributed by atoms with Gasteiger partial charge in [-0.2, -0.15) is 5.10 Å². The number of carbonyl (C=O) groups excluding carboxylic acids is 1. The van der Waals surface area contributed by atoms with Crippen molar-refractivity contribution in [3.63, 3.8) is 0 Å². The van der Waals surface area contributed by atoms with Crippen molar-refractivity contribution in [2.45, 2.75) is 45.7 Å². The van der Waals surface area contributed by atoms with Crippen LogP contribution in [0.4, 0.5) is 0 Å². The molecule has 0 bridgehead atoms. The Balaban J connectivity index is 1.49. The summed E-state index contributed by atoms with van der Waals surface area (Å²) >= 11 is 0. The number of furan rings is 1. The van der Waals surface area contributed by atoms with E-state index in [0.717, 1.165) is 18.4 Å². The topological polar surface area (TPSA) is 81.5 Å². The number of benzene rings is 1. The minimum atomic E-state index is -0.305. The molecule has 3 heterocycles. The smallest absolute Gasteiger partial charge is 0.291 e. The lowest BCUT2D eigenvalue weighted by molar-refractivity contribution is -0.122. The summed E-state index contributed by atoms with van der Waals surface area (Å²) in [7, 11) is 0. The summed E-state index contributed by atoms with van der Waals surface area (Å²) in [6, 6.07) is 13.7. The van der Waals surface area contributed by atoms with Gasteiger partial charge in [0.05, 0.1) is 11.8 Å². The van der Waals surface area contributed by atoms with Crippen molar-refractivity contribution >= 4 is 22.5 Å². The van der Waals surface area contributed by atoms with E-state index in [0.29, 0.717) is 23.3 Å². The van der Waals surface area contributed by atoms with Crippen molar-refractivity contribution in [2.75, 3.05) is 0 Å². The highest BCUT2D eigenvalue weighted by molar-refractivity contribution is 5.82. The molecule has 0 fully saturated rings. The van der Waals surface area contributed by atoms with Gasteiger partial charge in [0.25, 0.3) is 5.56 Å². The molecule has 0 radical (unpaired) electrons. The fourth-order valence-corrected chi connectivity index (χ4v) is 3.62. The third kappa shape index (κ3) is 3.81. The van der Waals surface area contributed by atoms with E-state index in [4.69, 9.17) is 4.42 Å². The van der Waals surface area contributed by atoms with E-state index in [9.17, 15) is 9.59 Å². The van der Waals surface area contributed by atoms with Gasteiger partial charge in [0, 0.05) is 24.6 Å². The van der Waals surface area contributed by atoms with E-state index < -0.39 is 0 Å². The summed E-state index contributed by atoms with van der Waals surface area (Å²) in [5.41, 5.74) is 2.85. The fraction of sp³-hybridized carbons (Fsp3) is 0.318. The number of nitrogens with zero attached hydrogens (tertiary/aromatic N) is 3. The van der Waals surface area contributed by atoms with E-state index in [1.165, 1.54) is 10.2 Å². The molecular formula is C22H24N4O3. The summed E-state index contributed by atoms with van der Waals surface area (Å²) < 4.78 is 8.46. The number of rotatable bonds is 7. The van der Waals surface area contributed by atoms with E-state index >= 15 is 0 Å². The number of aromatic nitrogens is 3. The SMILES string of the molecule is CCc1nn(CC(=O)N[C@@H](C)CCc2ccccc2)c(=O)c2cc3occc3n12. The number of hydrogen-bond acceptors (Lipinski definition) is 4. The molecule has 1 amide bonds. The van der Waals surface area contributed by atoms with Gasteiger partial charge >= 0.3 is 0 Å². The van der Waals surface area contributed by atoms with Gasteiger partial charge in [-0.1, -0.05) is 37.3 Å². The molecule has 0 aliphatic rings. The first kappa shape index (κ1) is 19.0. The Bertz CT molecular complexity index is 1200. The van der Waals surface area contributed by atoms with Gasteiger partial charge in [-0.05, 0) is 25.3 Å². The van der Waals surface area contributed by atoms with Crippen LogP contribution in [0.3, 0.4) is 0 Å². The lowest BCUT2D eigenvalue weighted by Gasteiger charge is -2.15. The van der Waals surface area contributed by atoms with E-state index in [-0.39, 0.29) is 24.1 Å². The highest BCUT2D eigenvalue weighted by Gasteiger charge is 2.17. The van der Waals surface area contributed by atoms with Crippen molar-refractivity contribution in [3.8, 4) is 0 Å². The minimum Gasteiger partial charge on any atom is -0.463 e. The number of aryl methyl sites for hydroxylation is 2. The summed E-state index contributed by atoms with van der Waals surface area (Å²) in [6.45, 7) is 3.83. The first-order valence-corrected chi connectivity index (χ1v) is 9.88. The van der Waals surface area contributed by atoms with Gasteiger partial charge in [0.1, 0.15) is 17.9 Å². The number of carbonyl (C=O) groups is 1. The van der Waals surface area contributed by atoms with Gasteiger partial charge < -0.3 is 9.73 Å². The molecule has 3 aromatic heterocycles. The molecule has 7 heteroatoms. The molecule has 1 atom stereocenters. The van der Waals surface area contributed by atoms with Crippen molar-refractivity contribution < 1.29 is 9.21 Å². The number of hydrogen-bond donors (Lipinski definition) is 1. The van der Waals surface area contributed by atoms with Gasteiger partial charge in [-0.3, -0.25) is 14.0 Å². The highest BCUT2D eigenvalue weighted by Crippen LogP contribution is 2.20. The van der Waals surface area contributed by atoms with Gasteiger partial charge in [0.2, 0.25) is 5.91 Å². The Hall–Kier alpha value is -3.35. The molecule has 0 aliphatic carbocycles. The molecule has 0 unspecified atom stereocenters. The van der Waals surface area contributed by atoms with Crippen molar-refractivity contribution in [3.05, 3.63) is 70.5 Å². The lowest BCUT2D eigenvalue weighted by Crippen LogP contribution is -2.39. The first-order valence-electron chi connectivity index (χ1n) is 9.88. The standard InChI is InChI=1S/C22H24N4O3/c1-3-20-24-25(22(28)18-13-19-17(26(18)20)11-12-29-19)14-21(27)23-15(2)9-10-16-7-5-4-6-8-16/h4-8,11-13,15H,3,9-10,14H2,1-2H3,(H,23,27)/t15-/m0/s1. The Labute approximate surface area is 167 Å². The van der Waals surface area contributed by atoms with Gasteiger partial charge in [0.15, 0.2) is 5.58 Å². The monoisotopic (exact) mass is 392 g/mol. The zero-order valence-electron chi connectivity index (χ0n) is 16.6. The van der Waals surface area contributed by atoms with Crippen LogP contribution in [0.25, 0.3) is 16.6 Å². The normalized spacial score (nSPS) is 12.5. The summed E-state index contributed by atoms with van der Waals surface area (Å²) in [5.74, 6) is 0.489. The predicted octanol–water partition coefficient (Wildman–Crippen LogP) is 2.94. The maximum absolute atomic E-state index is 12.9. The van der Waals surface area contributed by atoms with Crippen molar-refractivity contribution in [2.24, 2.45) is 0 Å². The van der Waals surface area contributed by atoms with Crippen molar-refractivity contribution in [1.29, 1.82) is 0 Å². The lowest BCUT2D eigenvalue weighted by atomic mass is 10.1. The zero-order valence-corrected chi connectivity index (χ0v) is 16.6. The predicted molar refractivity (Wildman–Crippen MR) is 111 cm³/mol. The van der Waals surface area contributed by atoms with Crippen LogP contribution in [-0.2, 0) is 24.2 Å². The third-order valence-electron chi connectivity index (χ3n) is 5.10. The molecular weight excluding hydrogens is 368 g/mol. The van der Waals surface area contributed by atoms with E-state index in [2.05, 4.69) is 22.5 Å². The highest BCUT2D eigenvalue weighted by atomic mass is 16.3. The second kappa shape index (κ2) is 7.95. The summed E-state index contributed by atoms with van der Waals surface area (Å²) in [6.07, 6.45) is 3.93. The van der Waals surface area contributed by atoms with E-state index in [1.807, 2.05) is 38.1 Å². The van der Waals surface area contributed by atoms with Gasteiger partial charge in [-0.15, -0.1) is 0 Å². The Morgan fingerprint density at radius 3 is 2.76 bits per heavy atom. The van der Waals surface area contributed by atoms with Crippen LogP contribution in [-0.4, -0.2) is 26.1 Å². The quantitative estimate of drug-likeness (QED) is 0.524. The van der Waals surface area contributed by atoms with E-state index in [1.54, 1.807) is 16.7 Å². The molecule has 1 aromatic carbocycles. The van der Waals surface area contributed by atoms with Crippen molar-refractivity contribution in [1.82, 2.24) is 19.5 Å². The second-order valence-corrected chi connectivity index (χ2v) is 7.26. The second-order valence-electron chi connectivity index (χ2n) is 7.26. The molecule has 4 rings (SSSR count). The number of amides is 1. The molecule has 0 spiro atoms. The average molecular weight is 392 g/mol. The Kier molecular flexibility index (Phi) is 5.20. The first-order chi connectivity index (χ1) is 14.1. The molecule has 29 heavy (non-hydrogen) atoms. The molecule has 7 nitrogen and oxygen atoms in total. The molecule has 0 saturated heterocycles. The van der Waals surface area contributed by atoms with Crippen LogP contribution in [0.15, 0.2) is 57.9 Å². The largest absolute Gasteiger partial charge is 0.463 e. The third-order valence-corrected chi connectivity index (χ3v) is 5.10. The van der Waals surface area contributed by atoms with Crippen LogP contribution in [0, 0.1) is 0 Å². The Morgan fingerprint density at radius 1 is 1.21 bits per heavy atom. The molecule has 1 N–H and O–H groups in total. The molecule has 4 aromatic rings. The van der Waals surface area contributed by atoms with Crippen LogP contribution in [0.5, 0.6) is 0 Å². The molecule has 0 saturated carbocycles. The molecule has 0 aliphatic heterocycles. The zero-order chi connectivity index (χ0) is 20.4. The van der Waals surface area contributed by atoms with Crippen LogP contribution in [0.1, 0.15) is 31.7 Å². The summed E-state index contributed by atoms with van der Waals surface area (Å²) in [5, 5.41) is 7.40. The number of nitrogens with one attached hydrogen (secondary N) is 1. The fourth-order valence-electron chi connectivity index (χ4n) is 3.62. The summed E-state index contributed by atoms with van der Waals surface area (Å²) in [4.78, 5) is 25.4. The van der Waals surface area contributed by atoms with Gasteiger partial charge in [-0.25, -0.2) is 4.68 Å². The number of fused-ring (bicyclic) bond motifs is 3. The maximum Gasteiger partial charge on any atom is 0.291 e. The van der Waals surface area contributed by atoms with Crippen LogP contribution in [0.2, 0.25) is 0 Å². The minimum absolute atomic E-state index is 0.00317. The average Bonchev–Trinajstić information content (AvgIpc) is 3.31. The van der Waals surface area contributed by atoms with Crippen LogP contribution >= 0.6 is 0 Å². The molecule has 150 valence electrons.